The van der Waals surface area contributed by atoms with Gasteiger partial charge in [-0.2, -0.15) is 0 Å². The number of hydrogen-bond donors (Lipinski definition) is 0. The summed E-state index contributed by atoms with van der Waals surface area (Å²) >= 11 is 0. The second kappa shape index (κ2) is 5.19. The molecule has 0 N–H and O–H groups in total. The van der Waals surface area contributed by atoms with E-state index in [4.69, 9.17) is 4.74 Å². The molecule has 3 rings (SSSR count). The van der Waals surface area contributed by atoms with Gasteiger partial charge in [-0.3, -0.25) is 4.79 Å². The number of ketones is 1. The number of rotatable bonds is 2. The van der Waals surface area contributed by atoms with Crippen LogP contribution in [0.2, 0.25) is 0 Å². The Morgan fingerprint density at radius 2 is 1.95 bits per heavy atom. The molecule has 0 aromatic heterocycles. The van der Waals surface area contributed by atoms with E-state index in [0.29, 0.717) is 23.5 Å². The van der Waals surface area contributed by atoms with Gasteiger partial charge in [0.25, 0.3) is 0 Å². The zero-order valence-corrected chi connectivity index (χ0v) is 15.2. The first-order valence-electron chi connectivity index (χ1n) is 9.04. The van der Waals surface area contributed by atoms with Crippen LogP contribution in [-0.2, 0) is 9.53 Å². The molecule has 22 heavy (non-hydrogen) atoms. The Labute approximate surface area is 135 Å². The molecule has 2 fully saturated rings. The maximum Gasteiger partial charge on any atom is 0.161 e. The van der Waals surface area contributed by atoms with E-state index >= 15 is 0 Å². The largest absolute Gasteiger partial charge is 0.373 e. The van der Waals surface area contributed by atoms with Crippen molar-refractivity contribution in [3.05, 3.63) is 11.1 Å². The van der Waals surface area contributed by atoms with Crippen LogP contribution in [0.25, 0.3) is 0 Å². The lowest BCUT2D eigenvalue weighted by Crippen LogP contribution is -2.39. The van der Waals surface area contributed by atoms with Crippen LogP contribution in [0.5, 0.6) is 0 Å². The van der Waals surface area contributed by atoms with E-state index in [1.165, 1.54) is 24.8 Å². The Morgan fingerprint density at radius 3 is 2.55 bits per heavy atom. The lowest BCUT2D eigenvalue weighted by atomic mass is 9.70. The Kier molecular flexibility index (Phi) is 3.83. The molecule has 0 spiro atoms. The molecule has 5 atom stereocenters. The number of ether oxygens (including phenoxy) is 1. The van der Waals surface area contributed by atoms with Crippen LogP contribution in [-0.4, -0.2) is 18.5 Å². The summed E-state index contributed by atoms with van der Waals surface area (Å²) in [4.78, 5) is 12.4. The van der Waals surface area contributed by atoms with Crippen LogP contribution in [0.15, 0.2) is 11.1 Å². The van der Waals surface area contributed by atoms with E-state index in [0.717, 1.165) is 29.7 Å². The average Bonchev–Trinajstić information content (AvgIpc) is 2.87. The molecule has 0 heterocycles. The van der Waals surface area contributed by atoms with Crippen molar-refractivity contribution in [2.24, 2.45) is 29.1 Å². The highest BCUT2D eigenvalue weighted by molar-refractivity contribution is 6.00. The monoisotopic (exact) mass is 304 g/mol. The van der Waals surface area contributed by atoms with Gasteiger partial charge in [0.2, 0.25) is 0 Å². The number of hydrogen-bond acceptors (Lipinski definition) is 2. The van der Waals surface area contributed by atoms with Gasteiger partial charge in [0.05, 0.1) is 5.60 Å². The molecule has 0 saturated heterocycles. The zero-order chi connectivity index (χ0) is 16.3. The molecular weight excluding hydrogens is 272 g/mol. The number of fused-ring (bicyclic) bond motifs is 2. The summed E-state index contributed by atoms with van der Waals surface area (Å²) in [5, 5.41) is 0. The third-order valence-corrected chi connectivity index (χ3v) is 7.47. The smallest absolute Gasteiger partial charge is 0.161 e. The van der Waals surface area contributed by atoms with Gasteiger partial charge in [0, 0.05) is 13.5 Å². The molecule has 0 aliphatic heterocycles. The Bertz CT molecular complexity index is 518. The van der Waals surface area contributed by atoms with Crippen LogP contribution in [0.1, 0.15) is 66.7 Å². The minimum Gasteiger partial charge on any atom is -0.373 e. The summed E-state index contributed by atoms with van der Waals surface area (Å²) in [5.41, 5.74) is 2.38. The van der Waals surface area contributed by atoms with Gasteiger partial charge in [0.1, 0.15) is 0 Å². The minimum atomic E-state index is -0.309. The van der Waals surface area contributed by atoms with Gasteiger partial charge in [-0.05, 0) is 72.8 Å². The van der Waals surface area contributed by atoms with Gasteiger partial charge < -0.3 is 4.74 Å². The number of allylic oxidation sites excluding steroid dienone is 1. The molecule has 124 valence electrons. The second-order valence-electron chi connectivity index (χ2n) is 8.82. The maximum atomic E-state index is 12.4. The fourth-order valence-corrected chi connectivity index (χ4v) is 5.97. The number of Topliss-reactive ketones (excluding diaryl/α,β-unsaturated/α-hetero) is 1. The Morgan fingerprint density at radius 1 is 1.27 bits per heavy atom. The maximum absolute atomic E-state index is 12.4. The third-order valence-electron chi connectivity index (χ3n) is 7.47. The average molecular weight is 304 g/mol. The van der Waals surface area contributed by atoms with Crippen molar-refractivity contribution in [2.75, 3.05) is 7.11 Å². The van der Waals surface area contributed by atoms with Gasteiger partial charge in [-0.15, -0.1) is 0 Å². The van der Waals surface area contributed by atoms with E-state index in [9.17, 15) is 4.79 Å². The minimum absolute atomic E-state index is 0.309. The number of methoxy groups -OCH3 is 1. The van der Waals surface area contributed by atoms with Crippen molar-refractivity contribution < 1.29 is 9.53 Å². The normalized spacial score (nSPS) is 45.2. The molecule has 0 radical (unpaired) electrons. The van der Waals surface area contributed by atoms with Crippen molar-refractivity contribution in [1.29, 1.82) is 0 Å². The summed E-state index contributed by atoms with van der Waals surface area (Å²) in [7, 11) is 1.81. The molecule has 0 amide bonds. The molecule has 2 saturated carbocycles. The van der Waals surface area contributed by atoms with Crippen LogP contribution in [0.3, 0.4) is 0 Å². The standard InChI is InChI=1S/C20H32O2/c1-12(2)15-7-8-19(5)10-17-14(4)18(21)11-20(17,22-6)13(3)9-16(15)19/h12-13,15-16H,7-11H2,1-6H3. The lowest BCUT2D eigenvalue weighted by molar-refractivity contribution is -0.119. The van der Waals surface area contributed by atoms with Gasteiger partial charge >= 0.3 is 0 Å². The van der Waals surface area contributed by atoms with E-state index in [2.05, 4.69) is 27.7 Å². The van der Waals surface area contributed by atoms with E-state index in [1.807, 2.05) is 14.0 Å². The predicted octanol–water partition coefficient (Wildman–Crippen LogP) is 4.78. The third kappa shape index (κ3) is 2.06. The molecule has 0 bridgehead atoms. The second-order valence-corrected chi connectivity index (χ2v) is 8.82. The molecule has 3 aliphatic rings. The van der Waals surface area contributed by atoms with Gasteiger partial charge in [-0.1, -0.05) is 27.7 Å². The molecular formula is C20H32O2. The fraction of sp³-hybridized carbons (Fsp3) is 0.850. The van der Waals surface area contributed by atoms with E-state index in [1.54, 1.807) is 0 Å². The highest BCUT2D eigenvalue weighted by Crippen LogP contribution is 2.61. The SMILES string of the molecule is COC12CC(=O)C(C)=C1CC1(C)CCC(C(C)C)C1CC2C. The van der Waals surface area contributed by atoms with Crippen molar-refractivity contribution >= 4 is 5.78 Å². The summed E-state index contributed by atoms with van der Waals surface area (Å²) in [5.74, 6) is 3.10. The van der Waals surface area contributed by atoms with Crippen LogP contribution >= 0.6 is 0 Å². The quantitative estimate of drug-likeness (QED) is 0.734. The zero-order valence-electron chi connectivity index (χ0n) is 15.2. The van der Waals surface area contributed by atoms with E-state index < -0.39 is 0 Å². The van der Waals surface area contributed by atoms with Crippen LogP contribution in [0, 0.1) is 29.1 Å². The van der Waals surface area contributed by atoms with Crippen molar-refractivity contribution in [1.82, 2.24) is 0 Å². The molecule has 0 aromatic rings. The molecule has 5 unspecified atom stereocenters. The van der Waals surface area contributed by atoms with Crippen LogP contribution < -0.4 is 0 Å². The lowest BCUT2D eigenvalue weighted by Gasteiger charge is -2.36. The number of carbonyl (C=O) groups excluding carboxylic acids is 1. The van der Waals surface area contributed by atoms with Crippen LogP contribution in [0.4, 0.5) is 0 Å². The summed E-state index contributed by atoms with van der Waals surface area (Å²) in [6.45, 7) is 11.6. The first-order valence-corrected chi connectivity index (χ1v) is 9.04. The van der Waals surface area contributed by atoms with Gasteiger partial charge in [0.15, 0.2) is 5.78 Å². The highest BCUT2D eigenvalue weighted by Gasteiger charge is 2.57. The van der Waals surface area contributed by atoms with Crippen molar-refractivity contribution in [3.8, 4) is 0 Å². The Hall–Kier alpha value is -0.630. The highest BCUT2D eigenvalue weighted by atomic mass is 16.5. The topological polar surface area (TPSA) is 26.3 Å². The molecule has 3 aliphatic carbocycles. The first-order chi connectivity index (χ1) is 10.2. The number of carbonyl (C=O) groups is 1. The first kappa shape index (κ1) is 16.2. The van der Waals surface area contributed by atoms with Crippen molar-refractivity contribution in [2.45, 2.75) is 72.3 Å². The fourth-order valence-electron chi connectivity index (χ4n) is 5.97. The van der Waals surface area contributed by atoms with E-state index in [-0.39, 0.29) is 5.60 Å². The Balaban J connectivity index is 2.06. The molecule has 0 aromatic carbocycles. The summed E-state index contributed by atoms with van der Waals surface area (Å²) < 4.78 is 6.06. The predicted molar refractivity (Wildman–Crippen MR) is 89.6 cm³/mol. The van der Waals surface area contributed by atoms with Gasteiger partial charge in [-0.25, -0.2) is 0 Å². The summed E-state index contributed by atoms with van der Waals surface area (Å²) in [6, 6.07) is 0. The molecule has 2 nitrogen and oxygen atoms in total. The molecule has 2 heteroatoms. The summed E-state index contributed by atoms with van der Waals surface area (Å²) in [6.07, 6.45) is 5.50. The van der Waals surface area contributed by atoms with Crippen molar-refractivity contribution in [3.63, 3.8) is 0 Å².